The Labute approximate surface area is 336 Å². The monoisotopic (exact) mass is 781 g/mol. The van der Waals surface area contributed by atoms with Gasteiger partial charge in [-0.25, -0.2) is 4.98 Å². The highest BCUT2D eigenvalue weighted by atomic mass is 32.1. The SMILES string of the molecule is CC(C)(C)c1ccc(NC(=S)Nc2ccc([N+](=O)[O-])cc2)c(C#Cc2cccc(C#Cc3cc(C(C)(C)C)ccc3NC(=S)Nc3ccc([N+](=O)[O-])cc3)n2)c1. The van der Waals surface area contributed by atoms with Gasteiger partial charge in [0.2, 0.25) is 0 Å². The van der Waals surface area contributed by atoms with Crippen LogP contribution in [0.3, 0.4) is 0 Å². The van der Waals surface area contributed by atoms with Gasteiger partial charge in [0.25, 0.3) is 11.4 Å². The van der Waals surface area contributed by atoms with Crippen molar-refractivity contribution in [1.29, 1.82) is 0 Å². The normalized spacial score (nSPS) is 10.8. The molecule has 0 saturated heterocycles. The maximum absolute atomic E-state index is 11.0. The van der Waals surface area contributed by atoms with Crippen LogP contribution in [0.4, 0.5) is 34.1 Å². The Hall–Kier alpha value is -6.67. The molecule has 0 amide bonds. The highest BCUT2D eigenvalue weighted by Crippen LogP contribution is 2.28. The van der Waals surface area contributed by atoms with E-state index in [0.29, 0.717) is 55.5 Å². The summed E-state index contributed by atoms with van der Waals surface area (Å²) in [5, 5.41) is 35.2. The zero-order chi connectivity index (χ0) is 40.6. The summed E-state index contributed by atoms with van der Waals surface area (Å²) in [5.41, 5.74) is 6.88. The third kappa shape index (κ3) is 11.2. The van der Waals surface area contributed by atoms with Crippen LogP contribution < -0.4 is 21.3 Å². The van der Waals surface area contributed by atoms with Crippen molar-refractivity contribution >= 4 is 68.8 Å². The molecule has 0 atom stereocenters. The highest BCUT2D eigenvalue weighted by Gasteiger charge is 2.17. The summed E-state index contributed by atoms with van der Waals surface area (Å²) in [7, 11) is 0. The van der Waals surface area contributed by atoms with Gasteiger partial charge in [0.15, 0.2) is 10.2 Å². The number of pyridine rings is 1. The van der Waals surface area contributed by atoms with Crippen molar-refractivity contribution in [2.24, 2.45) is 0 Å². The summed E-state index contributed by atoms with van der Waals surface area (Å²) >= 11 is 11.1. The lowest BCUT2D eigenvalue weighted by molar-refractivity contribution is -0.385. The zero-order valence-corrected chi connectivity index (χ0v) is 33.2. The molecule has 0 radical (unpaired) electrons. The van der Waals surface area contributed by atoms with Crippen molar-refractivity contribution in [2.75, 3.05) is 21.3 Å². The number of nitrogens with zero attached hydrogens (tertiary/aromatic N) is 3. The lowest BCUT2D eigenvalue weighted by Crippen LogP contribution is -2.20. The van der Waals surface area contributed by atoms with E-state index < -0.39 is 9.85 Å². The van der Waals surface area contributed by atoms with Gasteiger partial charge in [0.05, 0.1) is 21.2 Å². The van der Waals surface area contributed by atoms with Gasteiger partial charge >= 0.3 is 0 Å². The number of hydrogen-bond acceptors (Lipinski definition) is 7. The highest BCUT2D eigenvalue weighted by molar-refractivity contribution is 7.81. The maximum Gasteiger partial charge on any atom is 0.269 e. The summed E-state index contributed by atoms with van der Waals surface area (Å²) in [6.45, 7) is 12.7. The van der Waals surface area contributed by atoms with Gasteiger partial charge in [-0.3, -0.25) is 20.2 Å². The van der Waals surface area contributed by atoms with Crippen molar-refractivity contribution in [1.82, 2.24) is 4.98 Å². The van der Waals surface area contributed by atoms with E-state index >= 15 is 0 Å². The molecule has 1 aromatic heterocycles. The van der Waals surface area contributed by atoms with Crippen molar-refractivity contribution in [3.05, 3.63) is 157 Å². The number of rotatable bonds is 6. The van der Waals surface area contributed by atoms with Gasteiger partial charge in [0, 0.05) is 46.8 Å². The minimum Gasteiger partial charge on any atom is -0.332 e. The Bertz CT molecular complexity index is 2280. The van der Waals surface area contributed by atoms with Crippen LogP contribution in [0, 0.1) is 43.9 Å². The second-order valence-corrected chi connectivity index (χ2v) is 15.5. The second kappa shape index (κ2) is 17.2. The Balaban J connectivity index is 1.39. The first kappa shape index (κ1) is 40.5. The third-order valence-electron chi connectivity index (χ3n) is 8.34. The molecule has 0 aliphatic rings. The van der Waals surface area contributed by atoms with Gasteiger partial charge in [0.1, 0.15) is 11.4 Å². The summed E-state index contributed by atoms with van der Waals surface area (Å²) in [6.07, 6.45) is 0. The maximum atomic E-state index is 11.0. The molecule has 4 N–H and O–H groups in total. The van der Waals surface area contributed by atoms with Gasteiger partial charge in [-0.2, -0.15) is 0 Å². The molecule has 0 fully saturated rings. The lowest BCUT2D eigenvalue weighted by Gasteiger charge is -2.21. The van der Waals surface area contributed by atoms with E-state index in [-0.39, 0.29) is 22.2 Å². The fraction of sp³-hybridized carbons (Fsp3) is 0.186. The number of nitro benzene ring substituents is 2. The number of thiocarbonyl (C=S) groups is 2. The standard InChI is InChI=1S/C43H39N7O4S2/c1-42(2,3)30-12-24-38(47-40(55)45-34-16-20-36(21-17-34)49(51)52)28(26-30)10-14-32-8-7-9-33(44-32)15-11-29-27-31(43(4,5)6)13-25-39(29)48-41(56)46-35-18-22-37(23-19-35)50(53)54/h7-9,12-13,16-27H,1-6H3,(H2,45,47,55)(H2,46,48,56). The first-order chi connectivity index (χ1) is 26.4. The second-order valence-electron chi connectivity index (χ2n) is 14.7. The fourth-order valence-corrected chi connectivity index (χ4v) is 5.64. The van der Waals surface area contributed by atoms with Crippen molar-refractivity contribution in [2.45, 2.75) is 52.4 Å². The number of benzene rings is 4. The van der Waals surface area contributed by atoms with Gasteiger partial charge in [-0.1, -0.05) is 71.6 Å². The van der Waals surface area contributed by atoms with Gasteiger partial charge in [-0.05, 0) is 119 Å². The molecule has 13 heteroatoms. The largest absolute Gasteiger partial charge is 0.332 e. The molecule has 5 aromatic rings. The van der Waals surface area contributed by atoms with Crippen LogP contribution in [0.15, 0.2) is 103 Å². The lowest BCUT2D eigenvalue weighted by atomic mass is 9.86. The molecule has 56 heavy (non-hydrogen) atoms. The molecule has 1 heterocycles. The molecule has 11 nitrogen and oxygen atoms in total. The van der Waals surface area contributed by atoms with E-state index in [1.165, 1.54) is 24.3 Å². The Kier molecular flexibility index (Phi) is 12.4. The van der Waals surface area contributed by atoms with Crippen molar-refractivity contribution in [3.63, 3.8) is 0 Å². The molecule has 0 bridgehead atoms. The minimum atomic E-state index is -0.455. The van der Waals surface area contributed by atoms with Crippen LogP contribution in [0.1, 0.15) is 75.2 Å². The van der Waals surface area contributed by atoms with E-state index in [0.717, 1.165) is 11.1 Å². The van der Waals surface area contributed by atoms with E-state index in [4.69, 9.17) is 29.4 Å². The molecular weight excluding hydrogens is 743 g/mol. The van der Waals surface area contributed by atoms with E-state index in [1.54, 1.807) is 24.3 Å². The predicted octanol–water partition coefficient (Wildman–Crippen LogP) is 9.91. The van der Waals surface area contributed by atoms with Crippen LogP contribution >= 0.6 is 24.4 Å². The smallest absolute Gasteiger partial charge is 0.269 e. The fourth-order valence-electron chi connectivity index (χ4n) is 5.19. The van der Waals surface area contributed by atoms with E-state index in [1.807, 2.05) is 54.6 Å². The third-order valence-corrected chi connectivity index (χ3v) is 8.75. The van der Waals surface area contributed by atoms with Crippen LogP contribution in [0.5, 0.6) is 0 Å². The minimum absolute atomic E-state index is 0.0131. The Morgan fingerprint density at radius 3 is 1.27 bits per heavy atom. The molecule has 0 aliphatic heterocycles. The molecule has 0 unspecified atom stereocenters. The topological polar surface area (TPSA) is 147 Å². The predicted molar refractivity (Wildman–Crippen MR) is 232 cm³/mol. The molecule has 282 valence electrons. The first-order valence-electron chi connectivity index (χ1n) is 17.4. The van der Waals surface area contributed by atoms with E-state index in [9.17, 15) is 20.2 Å². The van der Waals surface area contributed by atoms with Crippen LogP contribution in [-0.2, 0) is 10.8 Å². The number of nitrogens with one attached hydrogen (secondary N) is 4. The van der Waals surface area contributed by atoms with Crippen molar-refractivity contribution in [3.8, 4) is 23.7 Å². The zero-order valence-electron chi connectivity index (χ0n) is 31.6. The van der Waals surface area contributed by atoms with Gasteiger partial charge < -0.3 is 21.3 Å². The first-order valence-corrected chi connectivity index (χ1v) is 18.2. The average molecular weight is 782 g/mol. The van der Waals surface area contributed by atoms with Crippen molar-refractivity contribution < 1.29 is 9.85 Å². The summed E-state index contributed by atoms with van der Waals surface area (Å²) in [5.74, 6) is 12.9. The Morgan fingerprint density at radius 1 is 0.554 bits per heavy atom. The molecule has 0 saturated carbocycles. The van der Waals surface area contributed by atoms with Gasteiger partial charge in [-0.15, -0.1) is 0 Å². The molecular formula is C43H39N7O4S2. The Morgan fingerprint density at radius 2 is 0.929 bits per heavy atom. The number of nitro groups is 2. The molecule has 0 aliphatic carbocycles. The van der Waals surface area contributed by atoms with Crippen LogP contribution in [0.25, 0.3) is 0 Å². The van der Waals surface area contributed by atoms with Crippen LogP contribution in [-0.4, -0.2) is 25.1 Å². The number of anilines is 4. The number of non-ortho nitro benzene ring substituents is 2. The summed E-state index contributed by atoms with van der Waals surface area (Å²) < 4.78 is 0. The van der Waals surface area contributed by atoms with E-state index in [2.05, 4.69) is 86.5 Å². The molecule has 4 aromatic carbocycles. The average Bonchev–Trinajstić information content (AvgIpc) is 3.13. The number of aromatic nitrogens is 1. The van der Waals surface area contributed by atoms with Crippen LogP contribution in [0.2, 0.25) is 0 Å². The quantitative estimate of drug-likeness (QED) is 0.0565. The summed E-state index contributed by atoms with van der Waals surface area (Å²) in [6, 6.07) is 29.4. The molecule has 5 rings (SSSR count). The molecule has 0 spiro atoms. The summed E-state index contributed by atoms with van der Waals surface area (Å²) in [4.78, 5) is 25.9. The number of hydrogen-bond donors (Lipinski definition) is 4.